The lowest BCUT2D eigenvalue weighted by Gasteiger charge is -2.16. The van der Waals surface area contributed by atoms with Crippen molar-refractivity contribution in [3.8, 4) is 11.5 Å². The second-order valence-corrected chi connectivity index (χ2v) is 9.71. The van der Waals surface area contributed by atoms with Crippen molar-refractivity contribution in [2.24, 2.45) is 0 Å². The lowest BCUT2D eigenvalue weighted by molar-refractivity contribution is -0.127. The van der Waals surface area contributed by atoms with Crippen molar-refractivity contribution in [3.63, 3.8) is 0 Å². The molecule has 1 aliphatic heterocycles. The van der Waals surface area contributed by atoms with Crippen molar-refractivity contribution in [2.75, 3.05) is 25.6 Å². The number of nitrogens with one attached hydrogen (secondary N) is 1. The Morgan fingerprint density at radius 2 is 1.82 bits per heavy atom. The molecule has 1 saturated heterocycles. The van der Waals surface area contributed by atoms with Crippen LogP contribution in [-0.4, -0.2) is 42.2 Å². The minimum Gasteiger partial charge on any atom is -0.492 e. The van der Waals surface area contributed by atoms with Crippen LogP contribution in [0.4, 0.5) is 10.5 Å². The van der Waals surface area contributed by atoms with Gasteiger partial charge in [-0.1, -0.05) is 17.7 Å². The van der Waals surface area contributed by atoms with E-state index in [9.17, 15) is 14.4 Å². The Morgan fingerprint density at radius 1 is 1.15 bits per heavy atom. The molecule has 9 heteroatoms. The highest BCUT2D eigenvalue weighted by molar-refractivity contribution is 14.1. The number of nitrogens with zero attached hydrogens (tertiary/aromatic N) is 1. The first kappa shape index (κ1) is 25.1. The van der Waals surface area contributed by atoms with E-state index in [2.05, 4.69) is 27.9 Å². The molecule has 0 aliphatic carbocycles. The molecule has 1 fully saturated rings. The van der Waals surface area contributed by atoms with Crippen LogP contribution in [0.1, 0.15) is 29.2 Å². The molecule has 0 aromatic heterocycles. The molecule has 0 atom stereocenters. The number of hydrogen-bond acceptors (Lipinski definition) is 6. The zero-order chi connectivity index (χ0) is 24.3. The molecule has 0 unspecified atom stereocenters. The topological polar surface area (TPSA) is 84.9 Å². The fourth-order valence-electron chi connectivity index (χ4n) is 3.62. The van der Waals surface area contributed by atoms with Gasteiger partial charge in [0.2, 0.25) is 5.91 Å². The van der Waals surface area contributed by atoms with Gasteiger partial charge in [0.25, 0.3) is 11.1 Å². The molecular formula is C24H25IN2O5S. The summed E-state index contributed by atoms with van der Waals surface area (Å²) in [6.07, 6.45) is 1.63. The Bertz CT molecular complexity index is 1140. The van der Waals surface area contributed by atoms with Crippen LogP contribution in [-0.2, 0) is 9.59 Å². The van der Waals surface area contributed by atoms with E-state index >= 15 is 0 Å². The number of rotatable bonds is 7. The van der Waals surface area contributed by atoms with Gasteiger partial charge >= 0.3 is 0 Å². The zero-order valence-electron chi connectivity index (χ0n) is 19.1. The molecule has 0 saturated carbocycles. The Kier molecular flexibility index (Phi) is 8.06. The molecular weight excluding hydrogens is 555 g/mol. The Morgan fingerprint density at radius 3 is 2.42 bits per heavy atom. The summed E-state index contributed by atoms with van der Waals surface area (Å²) in [6, 6.07) is 7.54. The zero-order valence-corrected chi connectivity index (χ0v) is 22.0. The number of hydrogen-bond donors (Lipinski definition) is 1. The van der Waals surface area contributed by atoms with Gasteiger partial charge in [0, 0.05) is 5.69 Å². The van der Waals surface area contributed by atoms with Crippen LogP contribution in [0, 0.1) is 24.3 Å². The van der Waals surface area contributed by atoms with E-state index in [4.69, 9.17) is 9.47 Å². The summed E-state index contributed by atoms with van der Waals surface area (Å²) in [4.78, 5) is 39.2. The average molecular weight is 580 g/mol. The third-order valence-electron chi connectivity index (χ3n) is 4.95. The fourth-order valence-corrected chi connectivity index (χ4v) is 5.30. The second kappa shape index (κ2) is 10.6. The van der Waals surface area contributed by atoms with Crippen LogP contribution < -0.4 is 14.8 Å². The van der Waals surface area contributed by atoms with Crippen molar-refractivity contribution in [1.82, 2.24) is 4.90 Å². The largest absolute Gasteiger partial charge is 0.492 e. The van der Waals surface area contributed by atoms with E-state index in [-0.39, 0.29) is 11.4 Å². The lowest BCUT2D eigenvalue weighted by Crippen LogP contribution is -2.36. The van der Waals surface area contributed by atoms with Crippen LogP contribution in [0.2, 0.25) is 0 Å². The smallest absolute Gasteiger partial charge is 0.294 e. The summed E-state index contributed by atoms with van der Waals surface area (Å²) in [5.74, 6) is 0.245. The molecule has 1 heterocycles. The van der Waals surface area contributed by atoms with Gasteiger partial charge in [0.1, 0.15) is 6.54 Å². The number of aryl methyl sites for hydroxylation is 3. The van der Waals surface area contributed by atoms with Crippen LogP contribution in [0.25, 0.3) is 6.08 Å². The maximum absolute atomic E-state index is 12.9. The molecule has 174 valence electrons. The molecule has 0 radical (unpaired) electrons. The number of carbonyl (C=O) groups is 3. The van der Waals surface area contributed by atoms with Crippen molar-refractivity contribution in [3.05, 3.63) is 55.0 Å². The van der Waals surface area contributed by atoms with E-state index in [1.165, 1.54) is 0 Å². The highest BCUT2D eigenvalue weighted by Gasteiger charge is 2.36. The number of imide groups is 1. The second-order valence-electron chi connectivity index (χ2n) is 7.56. The molecule has 3 amide bonds. The number of halogens is 1. The number of methoxy groups -OCH3 is 1. The summed E-state index contributed by atoms with van der Waals surface area (Å²) in [5, 5.41) is 2.36. The van der Waals surface area contributed by atoms with E-state index in [1.807, 2.05) is 45.9 Å². The van der Waals surface area contributed by atoms with Crippen molar-refractivity contribution < 1.29 is 23.9 Å². The van der Waals surface area contributed by atoms with Gasteiger partial charge in [-0.25, -0.2) is 0 Å². The summed E-state index contributed by atoms with van der Waals surface area (Å²) < 4.78 is 11.8. The highest BCUT2D eigenvalue weighted by Crippen LogP contribution is 2.37. The minimum atomic E-state index is -0.499. The molecule has 0 bridgehead atoms. The molecule has 33 heavy (non-hydrogen) atoms. The van der Waals surface area contributed by atoms with Gasteiger partial charge in [-0.3, -0.25) is 19.3 Å². The number of ether oxygens (including phenoxy) is 2. The monoisotopic (exact) mass is 580 g/mol. The quantitative estimate of drug-likeness (QED) is 0.354. The molecule has 1 N–H and O–H groups in total. The molecule has 3 rings (SSSR count). The summed E-state index contributed by atoms with van der Waals surface area (Å²) in [7, 11) is 1.57. The molecule has 2 aromatic rings. The number of benzene rings is 2. The van der Waals surface area contributed by atoms with Crippen LogP contribution in [0.15, 0.2) is 29.2 Å². The molecule has 1 aliphatic rings. The molecule has 2 aromatic carbocycles. The predicted octanol–water partition coefficient (Wildman–Crippen LogP) is 5.30. The molecule has 7 nitrogen and oxygen atoms in total. The number of thioether (sulfide) groups is 1. The van der Waals surface area contributed by atoms with Gasteiger partial charge < -0.3 is 14.8 Å². The SMILES string of the molecule is CCOc1cc(/C=C2/SC(=O)N(CC(=O)Nc3c(C)cc(C)cc3C)C2=O)cc(I)c1OC. The maximum Gasteiger partial charge on any atom is 0.294 e. The first-order valence-corrected chi connectivity index (χ1v) is 12.2. The Balaban J connectivity index is 1.78. The van der Waals surface area contributed by atoms with E-state index in [0.717, 1.165) is 36.9 Å². The minimum absolute atomic E-state index is 0.249. The molecule has 0 spiro atoms. The first-order chi connectivity index (χ1) is 15.6. The van der Waals surface area contributed by atoms with Crippen molar-refractivity contribution >= 4 is 63.2 Å². The fraction of sp³-hybridized carbons (Fsp3) is 0.292. The van der Waals surface area contributed by atoms with E-state index in [1.54, 1.807) is 19.3 Å². The van der Waals surface area contributed by atoms with Crippen LogP contribution in [0.3, 0.4) is 0 Å². The van der Waals surface area contributed by atoms with Gasteiger partial charge in [-0.15, -0.1) is 0 Å². The predicted molar refractivity (Wildman–Crippen MR) is 139 cm³/mol. The van der Waals surface area contributed by atoms with Crippen LogP contribution >= 0.6 is 34.4 Å². The van der Waals surface area contributed by atoms with Crippen molar-refractivity contribution in [2.45, 2.75) is 27.7 Å². The summed E-state index contributed by atoms with van der Waals surface area (Å²) in [6.45, 7) is 7.78. The van der Waals surface area contributed by atoms with Gasteiger partial charge in [0.05, 0.1) is 22.2 Å². The van der Waals surface area contributed by atoms with Gasteiger partial charge in [-0.05, 0) is 96.9 Å². The van der Waals surface area contributed by atoms with Gasteiger partial charge in [0.15, 0.2) is 11.5 Å². The maximum atomic E-state index is 12.9. The van der Waals surface area contributed by atoms with E-state index in [0.29, 0.717) is 29.4 Å². The van der Waals surface area contributed by atoms with E-state index < -0.39 is 17.1 Å². The third-order valence-corrected chi connectivity index (χ3v) is 6.66. The van der Waals surface area contributed by atoms with Gasteiger partial charge in [-0.2, -0.15) is 0 Å². The summed E-state index contributed by atoms with van der Waals surface area (Å²) in [5.41, 5.74) is 4.34. The lowest BCUT2D eigenvalue weighted by atomic mass is 10.1. The summed E-state index contributed by atoms with van der Waals surface area (Å²) >= 11 is 2.94. The third kappa shape index (κ3) is 5.70. The first-order valence-electron chi connectivity index (χ1n) is 10.3. The van der Waals surface area contributed by atoms with Crippen LogP contribution in [0.5, 0.6) is 11.5 Å². The number of amides is 3. The average Bonchev–Trinajstić information content (AvgIpc) is 2.98. The number of anilines is 1. The Hall–Kier alpha value is -2.53. The normalized spacial score (nSPS) is 14.7. The highest BCUT2D eigenvalue weighted by atomic mass is 127. The number of carbonyl (C=O) groups excluding carboxylic acids is 3. The van der Waals surface area contributed by atoms with Crippen molar-refractivity contribution in [1.29, 1.82) is 0 Å². The Labute approximate surface area is 211 Å². The standard InChI is InChI=1S/C24H25IN2O5S/c1-6-32-18-10-16(9-17(25)22(18)31-5)11-19-23(29)27(24(30)33-19)12-20(28)26-21-14(3)7-13(2)8-15(21)4/h7-11H,6,12H2,1-5H3,(H,26,28)/b19-11+.